The Morgan fingerprint density at radius 2 is 2.24 bits per heavy atom. The highest BCUT2D eigenvalue weighted by Gasteiger charge is 2.18. The molecule has 2 heterocycles. The molecule has 2 aromatic rings. The first-order valence-electron chi connectivity index (χ1n) is 6.78. The monoisotopic (exact) mass is 291 g/mol. The van der Waals surface area contributed by atoms with Crippen LogP contribution >= 0.6 is 0 Å². The predicted octanol–water partition coefficient (Wildman–Crippen LogP) is 3.04. The SMILES string of the molecule is CCNc1ncc(F)cc1C(=O)NC(C)c1ccc(C)o1. The Hall–Kier alpha value is -2.37. The maximum atomic E-state index is 13.3. The van der Waals surface area contributed by atoms with E-state index in [9.17, 15) is 9.18 Å². The molecule has 1 amide bonds. The number of rotatable bonds is 5. The predicted molar refractivity (Wildman–Crippen MR) is 77.7 cm³/mol. The minimum atomic E-state index is -0.553. The molecule has 0 aromatic carbocycles. The van der Waals surface area contributed by atoms with Crippen molar-refractivity contribution in [2.75, 3.05) is 11.9 Å². The number of hydrogen-bond acceptors (Lipinski definition) is 4. The number of aromatic nitrogens is 1. The number of amides is 1. The van der Waals surface area contributed by atoms with Gasteiger partial charge >= 0.3 is 0 Å². The number of carbonyl (C=O) groups is 1. The van der Waals surface area contributed by atoms with E-state index in [1.54, 1.807) is 13.0 Å². The molecule has 0 bridgehead atoms. The van der Waals surface area contributed by atoms with Crippen LogP contribution in [0.25, 0.3) is 0 Å². The summed E-state index contributed by atoms with van der Waals surface area (Å²) in [5, 5.41) is 5.71. The molecule has 1 unspecified atom stereocenters. The molecule has 2 rings (SSSR count). The highest BCUT2D eigenvalue weighted by Crippen LogP contribution is 2.18. The van der Waals surface area contributed by atoms with Gasteiger partial charge in [-0.2, -0.15) is 0 Å². The highest BCUT2D eigenvalue weighted by atomic mass is 19.1. The van der Waals surface area contributed by atoms with Gasteiger partial charge in [-0.15, -0.1) is 0 Å². The number of nitrogens with zero attached hydrogens (tertiary/aromatic N) is 1. The molecule has 0 aliphatic rings. The minimum absolute atomic E-state index is 0.173. The summed E-state index contributed by atoms with van der Waals surface area (Å²) in [4.78, 5) is 16.2. The normalized spacial score (nSPS) is 12.0. The molecule has 0 saturated heterocycles. The Kier molecular flexibility index (Phi) is 4.57. The summed E-state index contributed by atoms with van der Waals surface area (Å²) in [5.41, 5.74) is 0.173. The molecule has 6 heteroatoms. The molecule has 2 N–H and O–H groups in total. The van der Waals surface area contributed by atoms with E-state index in [4.69, 9.17) is 4.42 Å². The second-order valence-electron chi connectivity index (χ2n) is 4.72. The fourth-order valence-electron chi connectivity index (χ4n) is 1.95. The van der Waals surface area contributed by atoms with Gasteiger partial charge < -0.3 is 15.1 Å². The van der Waals surface area contributed by atoms with E-state index >= 15 is 0 Å². The maximum absolute atomic E-state index is 13.3. The van der Waals surface area contributed by atoms with Crippen LogP contribution in [0.2, 0.25) is 0 Å². The summed E-state index contributed by atoms with van der Waals surface area (Å²) in [6.45, 7) is 6.10. The molecule has 0 spiro atoms. The molecule has 0 radical (unpaired) electrons. The highest BCUT2D eigenvalue weighted by molar-refractivity contribution is 5.98. The Morgan fingerprint density at radius 3 is 2.86 bits per heavy atom. The molecule has 0 saturated carbocycles. The van der Waals surface area contributed by atoms with Gasteiger partial charge in [-0.05, 0) is 39.0 Å². The van der Waals surface area contributed by atoms with E-state index in [0.717, 1.165) is 12.0 Å². The molecule has 5 nitrogen and oxygen atoms in total. The summed E-state index contributed by atoms with van der Waals surface area (Å²) >= 11 is 0. The molecule has 0 fully saturated rings. The van der Waals surface area contributed by atoms with Crippen LogP contribution in [0.4, 0.5) is 10.2 Å². The van der Waals surface area contributed by atoms with Gasteiger partial charge in [0.2, 0.25) is 0 Å². The quantitative estimate of drug-likeness (QED) is 0.888. The average molecular weight is 291 g/mol. The number of carbonyl (C=O) groups excluding carboxylic acids is 1. The van der Waals surface area contributed by atoms with Gasteiger partial charge in [-0.3, -0.25) is 4.79 Å². The van der Waals surface area contributed by atoms with Crippen molar-refractivity contribution in [2.45, 2.75) is 26.8 Å². The third kappa shape index (κ3) is 3.59. The number of pyridine rings is 1. The van der Waals surface area contributed by atoms with Crippen molar-refractivity contribution in [1.29, 1.82) is 0 Å². The van der Waals surface area contributed by atoms with Crippen molar-refractivity contribution in [3.05, 3.63) is 47.3 Å². The van der Waals surface area contributed by atoms with Crippen LogP contribution in [-0.2, 0) is 0 Å². The second-order valence-corrected chi connectivity index (χ2v) is 4.72. The van der Waals surface area contributed by atoms with Gasteiger partial charge in [-0.25, -0.2) is 9.37 Å². The molecule has 2 aromatic heterocycles. The molecular weight excluding hydrogens is 273 g/mol. The zero-order valence-corrected chi connectivity index (χ0v) is 12.2. The molecule has 21 heavy (non-hydrogen) atoms. The van der Waals surface area contributed by atoms with Crippen LogP contribution in [0.1, 0.15) is 41.8 Å². The van der Waals surface area contributed by atoms with Crippen molar-refractivity contribution in [1.82, 2.24) is 10.3 Å². The molecular formula is C15H18FN3O2. The zero-order valence-electron chi connectivity index (χ0n) is 12.2. The number of nitrogens with one attached hydrogen (secondary N) is 2. The average Bonchev–Trinajstić information content (AvgIpc) is 2.87. The topological polar surface area (TPSA) is 67.2 Å². The van der Waals surface area contributed by atoms with Crippen LogP contribution < -0.4 is 10.6 Å². The van der Waals surface area contributed by atoms with Crippen LogP contribution in [0, 0.1) is 12.7 Å². The van der Waals surface area contributed by atoms with E-state index in [2.05, 4.69) is 15.6 Å². The molecule has 0 aliphatic carbocycles. The summed E-state index contributed by atoms with van der Waals surface area (Å²) in [7, 11) is 0. The van der Waals surface area contributed by atoms with Gasteiger partial charge in [0.15, 0.2) is 0 Å². The van der Waals surface area contributed by atoms with E-state index in [1.165, 1.54) is 6.07 Å². The Balaban J connectivity index is 2.18. The summed E-state index contributed by atoms with van der Waals surface area (Å²) in [6, 6.07) is 4.48. The van der Waals surface area contributed by atoms with Crippen LogP contribution in [0.5, 0.6) is 0 Å². The fourth-order valence-corrected chi connectivity index (χ4v) is 1.95. The van der Waals surface area contributed by atoms with Crippen molar-refractivity contribution < 1.29 is 13.6 Å². The van der Waals surface area contributed by atoms with E-state index < -0.39 is 11.7 Å². The van der Waals surface area contributed by atoms with Crippen LogP contribution in [0.3, 0.4) is 0 Å². The Bertz CT molecular complexity index is 640. The molecule has 0 aliphatic heterocycles. The molecule has 112 valence electrons. The van der Waals surface area contributed by atoms with Gasteiger partial charge in [0, 0.05) is 6.54 Å². The smallest absolute Gasteiger partial charge is 0.255 e. The van der Waals surface area contributed by atoms with Crippen LogP contribution in [-0.4, -0.2) is 17.4 Å². The van der Waals surface area contributed by atoms with E-state index in [1.807, 2.05) is 19.9 Å². The fraction of sp³-hybridized carbons (Fsp3) is 0.333. The lowest BCUT2D eigenvalue weighted by Crippen LogP contribution is -2.27. The number of anilines is 1. The lowest BCUT2D eigenvalue weighted by Gasteiger charge is -2.14. The third-order valence-corrected chi connectivity index (χ3v) is 2.98. The first-order valence-corrected chi connectivity index (χ1v) is 6.78. The van der Waals surface area contributed by atoms with Crippen molar-refractivity contribution in [2.24, 2.45) is 0 Å². The largest absolute Gasteiger partial charge is 0.464 e. The second kappa shape index (κ2) is 6.39. The van der Waals surface area contributed by atoms with Gasteiger partial charge in [0.25, 0.3) is 5.91 Å². The maximum Gasteiger partial charge on any atom is 0.255 e. The number of halogens is 1. The molecule has 1 atom stereocenters. The Morgan fingerprint density at radius 1 is 1.48 bits per heavy atom. The van der Waals surface area contributed by atoms with Crippen molar-refractivity contribution in [3.63, 3.8) is 0 Å². The third-order valence-electron chi connectivity index (χ3n) is 2.98. The van der Waals surface area contributed by atoms with E-state index in [-0.39, 0.29) is 11.6 Å². The number of hydrogen-bond donors (Lipinski definition) is 2. The van der Waals surface area contributed by atoms with E-state index in [0.29, 0.717) is 18.1 Å². The van der Waals surface area contributed by atoms with Gasteiger partial charge in [0.05, 0.1) is 17.8 Å². The Labute approximate surface area is 122 Å². The van der Waals surface area contributed by atoms with Gasteiger partial charge in [0.1, 0.15) is 23.2 Å². The van der Waals surface area contributed by atoms with Crippen molar-refractivity contribution in [3.8, 4) is 0 Å². The zero-order chi connectivity index (χ0) is 15.4. The minimum Gasteiger partial charge on any atom is -0.464 e. The number of furan rings is 1. The summed E-state index contributed by atoms with van der Waals surface area (Å²) < 4.78 is 18.8. The first-order chi connectivity index (χ1) is 10.0. The van der Waals surface area contributed by atoms with Crippen molar-refractivity contribution >= 4 is 11.7 Å². The van der Waals surface area contributed by atoms with Crippen LogP contribution in [0.15, 0.2) is 28.8 Å². The summed E-state index contributed by atoms with van der Waals surface area (Å²) in [6.07, 6.45) is 1.08. The standard InChI is InChI=1S/C15H18FN3O2/c1-4-17-14-12(7-11(16)8-18-14)15(20)19-10(3)13-6-5-9(2)21-13/h5-8,10H,4H2,1-3H3,(H,17,18)(H,19,20). The first kappa shape index (κ1) is 15.0. The summed E-state index contributed by atoms with van der Waals surface area (Å²) in [5.74, 6) is 0.823. The lowest BCUT2D eigenvalue weighted by atomic mass is 10.2. The number of aryl methyl sites for hydroxylation is 1. The lowest BCUT2D eigenvalue weighted by molar-refractivity contribution is 0.0935. The van der Waals surface area contributed by atoms with Gasteiger partial charge in [-0.1, -0.05) is 0 Å².